The molecular formula is C8H14F3NO. The summed E-state index contributed by atoms with van der Waals surface area (Å²) in [5.74, 6) is 0. The number of hydrogen-bond donors (Lipinski definition) is 1. The maximum absolute atomic E-state index is 11.7. The number of rotatable bonds is 3. The van der Waals surface area contributed by atoms with E-state index in [1.165, 1.54) is 0 Å². The molecule has 1 heterocycles. The molecule has 0 aromatic heterocycles. The van der Waals surface area contributed by atoms with Crippen LogP contribution in [-0.2, 0) is 0 Å². The van der Waals surface area contributed by atoms with Crippen LogP contribution in [0.5, 0.6) is 0 Å². The molecule has 1 fully saturated rings. The molecular weight excluding hydrogens is 183 g/mol. The molecule has 0 aromatic rings. The Hall–Kier alpha value is -0.290. The molecule has 1 aliphatic rings. The molecule has 0 aliphatic carbocycles. The van der Waals surface area contributed by atoms with Gasteiger partial charge in [0.1, 0.15) is 0 Å². The first kappa shape index (κ1) is 10.8. The summed E-state index contributed by atoms with van der Waals surface area (Å²) in [6, 6.07) is 0. The van der Waals surface area contributed by atoms with Crippen molar-refractivity contribution in [3.8, 4) is 0 Å². The summed E-state index contributed by atoms with van der Waals surface area (Å²) < 4.78 is 35.2. The third-order valence-electron chi connectivity index (χ3n) is 2.18. The molecule has 0 aromatic carbocycles. The number of β-amino-alcohol motifs (C(OH)–C–C–N with tert-alkyl or cyclic N) is 1. The van der Waals surface area contributed by atoms with Crippen LogP contribution in [0.3, 0.4) is 0 Å². The zero-order valence-electron chi connectivity index (χ0n) is 7.35. The molecule has 1 rings (SSSR count). The fourth-order valence-electron chi connectivity index (χ4n) is 1.52. The predicted molar refractivity (Wildman–Crippen MR) is 42.4 cm³/mol. The van der Waals surface area contributed by atoms with E-state index in [0.29, 0.717) is 19.5 Å². The van der Waals surface area contributed by atoms with Gasteiger partial charge in [-0.3, -0.25) is 0 Å². The number of aliphatic hydroxyl groups excluding tert-OH is 1. The first-order chi connectivity index (χ1) is 5.97. The van der Waals surface area contributed by atoms with Crippen molar-refractivity contribution in [2.24, 2.45) is 0 Å². The lowest BCUT2D eigenvalue weighted by atomic mass is 10.3. The van der Waals surface area contributed by atoms with E-state index in [4.69, 9.17) is 5.11 Å². The van der Waals surface area contributed by atoms with Crippen molar-refractivity contribution >= 4 is 0 Å². The highest BCUT2D eigenvalue weighted by Gasteiger charge is 2.27. The molecule has 1 N–H and O–H groups in total. The Bertz CT molecular complexity index is 160. The highest BCUT2D eigenvalue weighted by Crippen LogP contribution is 2.22. The van der Waals surface area contributed by atoms with Crippen LogP contribution < -0.4 is 0 Å². The molecule has 2 nitrogen and oxygen atoms in total. The van der Waals surface area contributed by atoms with Gasteiger partial charge < -0.3 is 10.0 Å². The lowest BCUT2D eigenvalue weighted by Gasteiger charge is -2.14. The van der Waals surface area contributed by atoms with Gasteiger partial charge in [0.05, 0.1) is 6.10 Å². The summed E-state index contributed by atoms with van der Waals surface area (Å²) >= 11 is 0. The number of hydrogen-bond acceptors (Lipinski definition) is 2. The van der Waals surface area contributed by atoms with E-state index in [2.05, 4.69) is 0 Å². The molecule has 1 atom stereocenters. The zero-order chi connectivity index (χ0) is 9.90. The smallest absolute Gasteiger partial charge is 0.389 e. The molecule has 13 heavy (non-hydrogen) atoms. The number of alkyl halides is 3. The van der Waals surface area contributed by atoms with E-state index in [1.54, 1.807) is 0 Å². The Kier molecular flexibility index (Phi) is 3.55. The van der Waals surface area contributed by atoms with Gasteiger partial charge in [-0.2, -0.15) is 13.2 Å². The summed E-state index contributed by atoms with van der Waals surface area (Å²) in [6.45, 7) is 1.69. The van der Waals surface area contributed by atoms with Crippen molar-refractivity contribution in [1.29, 1.82) is 0 Å². The van der Waals surface area contributed by atoms with Crippen molar-refractivity contribution < 1.29 is 18.3 Å². The van der Waals surface area contributed by atoms with Crippen LogP contribution in [0.4, 0.5) is 13.2 Å². The summed E-state index contributed by atoms with van der Waals surface area (Å²) in [7, 11) is 0. The van der Waals surface area contributed by atoms with Crippen LogP contribution in [0.1, 0.15) is 19.3 Å². The Balaban J connectivity index is 2.07. The largest absolute Gasteiger partial charge is 0.392 e. The summed E-state index contributed by atoms with van der Waals surface area (Å²) in [5, 5.41) is 9.09. The topological polar surface area (TPSA) is 23.5 Å². The Labute approximate surface area is 75.3 Å². The van der Waals surface area contributed by atoms with E-state index < -0.39 is 12.6 Å². The SMILES string of the molecule is O[C@@H]1CCN(CCCC(F)(F)F)C1. The van der Waals surface area contributed by atoms with Crippen molar-refractivity contribution in [2.45, 2.75) is 31.5 Å². The minimum absolute atomic E-state index is 0.135. The molecule has 0 saturated carbocycles. The lowest BCUT2D eigenvalue weighted by Crippen LogP contribution is -2.24. The third kappa shape index (κ3) is 4.47. The Morgan fingerprint density at radius 3 is 2.54 bits per heavy atom. The minimum Gasteiger partial charge on any atom is -0.392 e. The number of halogens is 3. The molecule has 0 spiro atoms. The van der Waals surface area contributed by atoms with Crippen molar-refractivity contribution in [3.05, 3.63) is 0 Å². The van der Waals surface area contributed by atoms with E-state index in [1.807, 2.05) is 4.90 Å². The van der Waals surface area contributed by atoms with Gasteiger partial charge in [-0.25, -0.2) is 0 Å². The van der Waals surface area contributed by atoms with E-state index in [0.717, 1.165) is 6.54 Å². The maximum Gasteiger partial charge on any atom is 0.389 e. The predicted octanol–water partition coefficient (Wildman–Crippen LogP) is 1.40. The summed E-state index contributed by atoms with van der Waals surface area (Å²) in [4.78, 5) is 1.87. The van der Waals surface area contributed by atoms with Gasteiger partial charge in [0, 0.05) is 19.5 Å². The molecule has 1 saturated heterocycles. The Morgan fingerprint density at radius 1 is 1.38 bits per heavy atom. The normalized spacial score (nSPS) is 25.4. The molecule has 0 bridgehead atoms. The minimum atomic E-state index is -4.04. The second-order valence-corrected chi connectivity index (χ2v) is 3.46. The van der Waals surface area contributed by atoms with Crippen LogP contribution in [0.15, 0.2) is 0 Å². The monoisotopic (exact) mass is 197 g/mol. The van der Waals surface area contributed by atoms with Crippen molar-refractivity contribution in [2.75, 3.05) is 19.6 Å². The average Bonchev–Trinajstić information content (AvgIpc) is 2.33. The molecule has 1 aliphatic heterocycles. The van der Waals surface area contributed by atoms with Crippen molar-refractivity contribution in [3.63, 3.8) is 0 Å². The standard InChI is InChI=1S/C8H14F3NO/c9-8(10,11)3-1-4-12-5-2-7(13)6-12/h7,13H,1-6H2/t7-/m1/s1. The van der Waals surface area contributed by atoms with Gasteiger partial charge in [-0.15, -0.1) is 0 Å². The van der Waals surface area contributed by atoms with E-state index in [-0.39, 0.29) is 12.5 Å². The molecule has 0 amide bonds. The molecule has 0 radical (unpaired) electrons. The number of aliphatic hydroxyl groups is 1. The van der Waals surface area contributed by atoms with Gasteiger partial charge in [-0.1, -0.05) is 0 Å². The van der Waals surface area contributed by atoms with Gasteiger partial charge in [-0.05, 0) is 19.4 Å². The first-order valence-corrected chi connectivity index (χ1v) is 4.44. The van der Waals surface area contributed by atoms with Crippen LogP contribution in [0, 0.1) is 0 Å². The average molecular weight is 197 g/mol. The molecule has 0 unspecified atom stereocenters. The number of nitrogens with zero attached hydrogens (tertiary/aromatic N) is 1. The maximum atomic E-state index is 11.7. The quantitative estimate of drug-likeness (QED) is 0.739. The molecule has 78 valence electrons. The zero-order valence-corrected chi connectivity index (χ0v) is 7.35. The summed E-state index contributed by atoms with van der Waals surface area (Å²) in [6.07, 6.45) is -4.29. The van der Waals surface area contributed by atoms with Gasteiger partial charge in [0.25, 0.3) is 0 Å². The lowest BCUT2D eigenvalue weighted by molar-refractivity contribution is -0.136. The second-order valence-electron chi connectivity index (χ2n) is 3.46. The number of likely N-dealkylation sites (tertiary alicyclic amines) is 1. The van der Waals surface area contributed by atoms with Gasteiger partial charge in [0.15, 0.2) is 0 Å². The van der Waals surface area contributed by atoms with Crippen LogP contribution in [-0.4, -0.2) is 41.9 Å². The fraction of sp³-hybridized carbons (Fsp3) is 1.00. The van der Waals surface area contributed by atoms with Crippen molar-refractivity contribution in [1.82, 2.24) is 4.90 Å². The Morgan fingerprint density at radius 2 is 2.08 bits per heavy atom. The fourth-order valence-corrected chi connectivity index (χ4v) is 1.52. The second kappa shape index (κ2) is 4.28. The van der Waals surface area contributed by atoms with Crippen LogP contribution >= 0.6 is 0 Å². The first-order valence-electron chi connectivity index (χ1n) is 4.44. The van der Waals surface area contributed by atoms with Crippen LogP contribution in [0.25, 0.3) is 0 Å². The van der Waals surface area contributed by atoms with Gasteiger partial charge >= 0.3 is 6.18 Å². The molecule has 5 heteroatoms. The summed E-state index contributed by atoms with van der Waals surface area (Å²) in [5.41, 5.74) is 0. The van der Waals surface area contributed by atoms with Crippen LogP contribution in [0.2, 0.25) is 0 Å². The highest BCUT2D eigenvalue weighted by atomic mass is 19.4. The highest BCUT2D eigenvalue weighted by molar-refractivity contribution is 4.74. The van der Waals surface area contributed by atoms with E-state index in [9.17, 15) is 13.2 Å². The van der Waals surface area contributed by atoms with Gasteiger partial charge in [0.2, 0.25) is 0 Å². The third-order valence-corrected chi connectivity index (χ3v) is 2.18. The van der Waals surface area contributed by atoms with E-state index >= 15 is 0 Å².